The zero-order valence-corrected chi connectivity index (χ0v) is 17.2. The average Bonchev–Trinajstić information content (AvgIpc) is 3.37. The number of hydrogen-bond donors (Lipinski definition) is 0. The van der Waals surface area contributed by atoms with Crippen molar-refractivity contribution >= 4 is 5.91 Å². The number of fused-ring (bicyclic) bond motifs is 2. The van der Waals surface area contributed by atoms with Crippen LogP contribution in [0.2, 0.25) is 0 Å². The lowest BCUT2D eigenvalue weighted by atomic mass is 9.86. The summed E-state index contributed by atoms with van der Waals surface area (Å²) in [6.07, 6.45) is 3.03. The Morgan fingerprint density at radius 2 is 1.78 bits per heavy atom. The minimum absolute atomic E-state index is 0.0385. The third-order valence-electron chi connectivity index (χ3n) is 6.49. The fourth-order valence-corrected chi connectivity index (χ4v) is 5.07. The lowest BCUT2D eigenvalue weighted by molar-refractivity contribution is -0.137. The van der Waals surface area contributed by atoms with Crippen LogP contribution in [0.5, 0.6) is 0 Å². The number of aromatic nitrogens is 3. The Bertz CT molecular complexity index is 1120. The second-order valence-corrected chi connectivity index (χ2v) is 8.36. The molecule has 3 atom stereocenters. The van der Waals surface area contributed by atoms with Crippen LogP contribution in [0.1, 0.15) is 40.9 Å². The third-order valence-corrected chi connectivity index (χ3v) is 6.49. The van der Waals surface area contributed by atoms with Gasteiger partial charge in [-0.15, -0.1) is 0 Å². The van der Waals surface area contributed by atoms with Crippen LogP contribution in [0.15, 0.2) is 61.1 Å². The van der Waals surface area contributed by atoms with E-state index in [0.717, 1.165) is 31.5 Å². The number of carbonyl (C=O) groups is 1. The molecule has 2 bridgehead atoms. The van der Waals surface area contributed by atoms with Gasteiger partial charge in [-0.25, -0.2) is 9.97 Å². The number of carbonyl (C=O) groups excluding carboxylic acids is 1. The van der Waals surface area contributed by atoms with Crippen molar-refractivity contribution in [3.8, 4) is 11.4 Å². The molecule has 0 saturated carbocycles. The van der Waals surface area contributed by atoms with Crippen LogP contribution >= 0.6 is 0 Å². The van der Waals surface area contributed by atoms with Crippen LogP contribution in [0, 0.1) is 5.92 Å². The van der Waals surface area contributed by atoms with Gasteiger partial charge in [-0.2, -0.15) is 13.2 Å². The quantitative estimate of drug-likeness (QED) is 0.588. The molecule has 8 heteroatoms. The van der Waals surface area contributed by atoms with E-state index in [1.165, 1.54) is 6.07 Å². The molecule has 2 aliphatic heterocycles. The summed E-state index contributed by atoms with van der Waals surface area (Å²) in [5.74, 6) is 0.652. The second-order valence-electron chi connectivity index (χ2n) is 8.36. The topological polar surface area (TPSA) is 59.0 Å². The summed E-state index contributed by atoms with van der Waals surface area (Å²) < 4.78 is 38.4. The van der Waals surface area contributed by atoms with Crippen molar-refractivity contribution in [1.82, 2.24) is 19.9 Å². The summed E-state index contributed by atoms with van der Waals surface area (Å²) in [4.78, 5) is 28.2. The van der Waals surface area contributed by atoms with Crippen molar-refractivity contribution in [2.45, 2.75) is 43.9 Å². The van der Waals surface area contributed by atoms with E-state index in [-0.39, 0.29) is 23.9 Å². The Morgan fingerprint density at radius 3 is 2.50 bits per heavy atom. The van der Waals surface area contributed by atoms with Gasteiger partial charge in [0.05, 0.1) is 11.1 Å². The molecule has 1 amide bonds. The number of halogens is 3. The molecule has 3 unspecified atom stereocenters. The van der Waals surface area contributed by atoms with Gasteiger partial charge in [0.2, 0.25) is 0 Å². The molecule has 4 heterocycles. The first kappa shape index (κ1) is 20.6. The number of pyridine rings is 1. The molecule has 164 valence electrons. The Balaban J connectivity index is 1.36. The van der Waals surface area contributed by atoms with Crippen LogP contribution in [0.4, 0.5) is 13.2 Å². The maximum atomic E-state index is 13.6. The molecule has 32 heavy (non-hydrogen) atoms. The van der Waals surface area contributed by atoms with Gasteiger partial charge in [0.25, 0.3) is 5.91 Å². The summed E-state index contributed by atoms with van der Waals surface area (Å²) in [7, 11) is 0. The normalized spacial score (nSPS) is 22.3. The Morgan fingerprint density at radius 1 is 1.00 bits per heavy atom. The standard InChI is InChI=1S/C24H21F3N4O/c25-24(26,27)16-6-7-17(30-14-16)12-15-13-18-8-9-21(15)31(18)23(32)20-5-2-1-4-19(20)22-28-10-3-11-29-22/h1-7,10-11,14-15,18,21H,8-9,12-13H2. The molecular weight excluding hydrogens is 417 g/mol. The summed E-state index contributed by atoms with van der Waals surface area (Å²) in [5.41, 5.74) is 1.15. The van der Waals surface area contributed by atoms with E-state index in [0.29, 0.717) is 29.1 Å². The first-order chi connectivity index (χ1) is 15.4. The van der Waals surface area contributed by atoms with Crippen molar-refractivity contribution in [2.75, 3.05) is 0 Å². The summed E-state index contributed by atoms with van der Waals surface area (Å²) in [6, 6.07) is 11.8. The zero-order chi connectivity index (χ0) is 22.3. The van der Waals surface area contributed by atoms with Crippen LogP contribution in [0.3, 0.4) is 0 Å². The summed E-state index contributed by atoms with van der Waals surface area (Å²) in [5, 5.41) is 0. The number of benzene rings is 1. The van der Waals surface area contributed by atoms with Gasteiger partial charge >= 0.3 is 6.18 Å². The maximum Gasteiger partial charge on any atom is 0.417 e. The van der Waals surface area contributed by atoms with Gasteiger partial charge in [0.1, 0.15) is 0 Å². The monoisotopic (exact) mass is 438 g/mol. The predicted molar refractivity (Wildman–Crippen MR) is 111 cm³/mol. The van der Waals surface area contributed by atoms with Gasteiger partial charge in [0.15, 0.2) is 5.82 Å². The Kier molecular flexibility index (Phi) is 5.15. The van der Waals surface area contributed by atoms with E-state index in [1.807, 2.05) is 23.1 Å². The molecule has 5 rings (SSSR count). The maximum absolute atomic E-state index is 13.6. The van der Waals surface area contributed by atoms with Crippen LogP contribution in [-0.2, 0) is 12.6 Å². The highest BCUT2D eigenvalue weighted by Gasteiger charge is 2.48. The second kappa shape index (κ2) is 8.00. The number of hydrogen-bond acceptors (Lipinski definition) is 4. The number of alkyl halides is 3. The number of nitrogens with zero attached hydrogens (tertiary/aromatic N) is 4. The molecule has 0 aliphatic carbocycles. The van der Waals surface area contributed by atoms with Crippen LogP contribution in [-0.4, -0.2) is 37.8 Å². The van der Waals surface area contributed by atoms with Gasteiger partial charge < -0.3 is 4.90 Å². The molecule has 2 saturated heterocycles. The highest BCUT2D eigenvalue weighted by molar-refractivity contribution is 6.00. The van der Waals surface area contributed by atoms with Gasteiger partial charge in [-0.1, -0.05) is 18.2 Å². The molecular formula is C24H21F3N4O. The van der Waals surface area contributed by atoms with Crippen LogP contribution in [0.25, 0.3) is 11.4 Å². The van der Waals surface area contributed by atoms with Crippen molar-refractivity contribution in [2.24, 2.45) is 5.92 Å². The van der Waals surface area contributed by atoms with Crippen molar-refractivity contribution in [3.05, 3.63) is 77.9 Å². The molecule has 2 aromatic heterocycles. The molecule has 2 aliphatic rings. The molecule has 1 aromatic carbocycles. The molecule has 0 radical (unpaired) electrons. The van der Waals surface area contributed by atoms with E-state index in [1.54, 1.807) is 24.5 Å². The SMILES string of the molecule is O=C(c1ccccc1-c1ncccn1)N1C2CCC1C(Cc1ccc(C(F)(F)F)cn1)C2. The Hall–Kier alpha value is -3.29. The van der Waals surface area contributed by atoms with Gasteiger partial charge in [-0.3, -0.25) is 9.78 Å². The third kappa shape index (κ3) is 3.74. The van der Waals surface area contributed by atoms with E-state index < -0.39 is 11.7 Å². The first-order valence-electron chi connectivity index (χ1n) is 10.6. The summed E-state index contributed by atoms with van der Waals surface area (Å²) >= 11 is 0. The smallest absolute Gasteiger partial charge is 0.332 e. The number of rotatable bonds is 4. The zero-order valence-electron chi connectivity index (χ0n) is 17.2. The van der Waals surface area contributed by atoms with Gasteiger partial charge in [-0.05, 0) is 55.9 Å². The molecule has 2 fully saturated rings. The van der Waals surface area contributed by atoms with E-state index in [9.17, 15) is 18.0 Å². The van der Waals surface area contributed by atoms with E-state index >= 15 is 0 Å². The highest BCUT2D eigenvalue weighted by atomic mass is 19.4. The molecule has 0 spiro atoms. The fraction of sp³-hybridized carbons (Fsp3) is 0.333. The van der Waals surface area contributed by atoms with Crippen molar-refractivity contribution in [1.29, 1.82) is 0 Å². The largest absolute Gasteiger partial charge is 0.417 e. The van der Waals surface area contributed by atoms with E-state index in [2.05, 4.69) is 15.0 Å². The molecule has 5 nitrogen and oxygen atoms in total. The predicted octanol–water partition coefficient (Wildman–Crippen LogP) is 4.79. The molecule has 0 N–H and O–H groups in total. The lowest BCUT2D eigenvalue weighted by Crippen LogP contribution is -2.37. The van der Waals surface area contributed by atoms with Crippen molar-refractivity contribution in [3.63, 3.8) is 0 Å². The minimum atomic E-state index is -4.39. The molecule has 3 aromatic rings. The minimum Gasteiger partial charge on any atom is -0.332 e. The lowest BCUT2D eigenvalue weighted by Gasteiger charge is -2.25. The van der Waals surface area contributed by atoms with E-state index in [4.69, 9.17) is 0 Å². The first-order valence-corrected chi connectivity index (χ1v) is 10.6. The van der Waals surface area contributed by atoms with Gasteiger partial charge in [0, 0.05) is 41.9 Å². The van der Waals surface area contributed by atoms with Crippen molar-refractivity contribution < 1.29 is 18.0 Å². The fourth-order valence-electron chi connectivity index (χ4n) is 5.07. The average molecular weight is 438 g/mol. The van der Waals surface area contributed by atoms with Crippen LogP contribution < -0.4 is 0 Å². The Labute approximate surface area is 183 Å². The number of amides is 1. The summed E-state index contributed by atoms with van der Waals surface area (Å²) in [6.45, 7) is 0. The highest BCUT2D eigenvalue weighted by Crippen LogP contribution is 2.44.